The van der Waals surface area contributed by atoms with Crippen molar-refractivity contribution < 1.29 is 18.0 Å². The first-order chi connectivity index (χ1) is 12.8. The summed E-state index contributed by atoms with van der Waals surface area (Å²) < 4.78 is 25.5. The lowest BCUT2D eigenvalue weighted by molar-refractivity contribution is -0.135. The van der Waals surface area contributed by atoms with Gasteiger partial charge in [-0.2, -0.15) is 11.8 Å². The second kappa shape index (κ2) is 9.80. The van der Waals surface area contributed by atoms with Gasteiger partial charge in [0, 0.05) is 25.0 Å². The molecule has 27 heavy (non-hydrogen) atoms. The lowest BCUT2D eigenvalue weighted by atomic mass is 10.1. The number of thioether (sulfide) groups is 1. The predicted octanol–water partition coefficient (Wildman–Crippen LogP) is 2.29. The quantitative estimate of drug-likeness (QED) is 0.745. The van der Waals surface area contributed by atoms with E-state index in [-0.39, 0.29) is 30.5 Å². The molecule has 1 aliphatic rings. The maximum absolute atomic E-state index is 12.9. The third-order valence-electron chi connectivity index (χ3n) is 4.59. The number of amides is 2. The van der Waals surface area contributed by atoms with E-state index >= 15 is 0 Å². The number of rotatable bonds is 6. The van der Waals surface area contributed by atoms with Gasteiger partial charge in [0.1, 0.15) is 6.04 Å². The van der Waals surface area contributed by atoms with Crippen LogP contribution in [0.4, 0.5) is 0 Å². The van der Waals surface area contributed by atoms with E-state index in [0.717, 1.165) is 5.75 Å². The molecule has 0 spiro atoms. The molecule has 1 aliphatic heterocycles. The van der Waals surface area contributed by atoms with Crippen molar-refractivity contribution in [3.8, 4) is 0 Å². The van der Waals surface area contributed by atoms with Crippen LogP contribution in [0.2, 0.25) is 5.02 Å². The van der Waals surface area contributed by atoms with Crippen LogP contribution in [0.15, 0.2) is 24.3 Å². The van der Waals surface area contributed by atoms with Crippen LogP contribution >= 0.6 is 23.4 Å². The summed E-state index contributed by atoms with van der Waals surface area (Å²) in [5.41, 5.74) is 0.578. The van der Waals surface area contributed by atoms with Crippen molar-refractivity contribution in [2.75, 3.05) is 30.9 Å². The van der Waals surface area contributed by atoms with Crippen molar-refractivity contribution in [3.63, 3.8) is 0 Å². The molecule has 0 aliphatic carbocycles. The van der Waals surface area contributed by atoms with E-state index in [9.17, 15) is 18.0 Å². The Bertz CT molecular complexity index is 785. The molecule has 2 atom stereocenters. The molecular formula is C18H25ClN2O4S2. The molecule has 6 nitrogen and oxygen atoms in total. The number of carbonyl (C=O) groups is 2. The maximum atomic E-state index is 12.9. The van der Waals surface area contributed by atoms with Gasteiger partial charge >= 0.3 is 0 Å². The summed E-state index contributed by atoms with van der Waals surface area (Å²) in [5.74, 6) is 0.106. The minimum atomic E-state index is -3.44. The number of nitrogens with zero attached hydrogens (tertiary/aromatic N) is 1. The monoisotopic (exact) mass is 432 g/mol. The molecule has 2 amide bonds. The zero-order chi connectivity index (χ0) is 20.0. The number of carbonyl (C=O) groups excluding carboxylic acids is 2. The minimum Gasteiger partial charge on any atom is -0.345 e. The van der Waals surface area contributed by atoms with Crippen LogP contribution in [0.25, 0.3) is 0 Å². The molecule has 0 saturated carbocycles. The number of sulfone groups is 1. The van der Waals surface area contributed by atoms with Gasteiger partial charge in [-0.05, 0) is 36.5 Å². The van der Waals surface area contributed by atoms with Crippen LogP contribution in [-0.2, 0) is 19.4 Å². The van der Waals surface area contributed by atoms with E-state index in [2.05, 4.69) is 5.32 Å². The zero-order valence-electron chi connectivity index (χ0n) is 15.5. The van der Waals surface area contributed by atoms with Crippen molar-refractivity contribution >= 4 is 45.0 Å². The average Bonchev–Trinajstić information content (AvgIpc) is 2.76. The molecule has 0 radical (unpaired) electrons. The maximum Gasteiger partial charge on any atom is 0.245 e. The first kappa shape index (κ1) is 22.0. The fourth-order valence-corrected chi connectivity index (χ4v) is 5.83. The normalized spacial score (nSPS) is 20.6. The van der Waals surface area contributed by atoms with Crippen LogP contribution in [0.5, 0.6) is 0 Å². The topological polar surface area (TPSA) is 83.6 Å². The fourth-order valence-electron chi connectivity index (χ4n) is 3.21. The highest BCUT2D eigenvalue weighted by Crippen LogP contribution is 2.34. The Morgan fingerprint density at radius 2 is 2.04 bits per heavy atom. The summed E-state index contributed by atoms with van der Waals surface area (Å²) >= 11 is 7.80. The Hall–Kier alpha value is -1.25. The Kier molecular flexibility index (Phi) is 8.00. The SMILES string of the molecule is CSCC[C@H](NC(C)=O)C(=O)N1CC[C@@H](c2ccccc2Cl)S(=O)(=O)CC1. The number of hydrogen-bond acceptors (Lipinski definition) is 5. The van der Waals surface area contributed by atoms with E-state index in [4.69, 9.17) is 11.6 Å². The van der Waals surface area contributed by atoms with Crippen molar-refractivity contribution in [3.05, 3.63) is 34.9 Å². The Balaban J connectivity index is 2.19. The van der Waals surface area contributed by atoms with Gasteiger partial charge in [0.2, 0.25) is 11.8 Å². The molecule has 1 aromatic carbocycles. The number of nitrogens with one attached hydrogen (secondary N) is 1. The molecule has 0 aromatic heterocycles. The van der Waals surface area contributed by atoms with E-state index in [0.29, 0.717) is 23.6 Å². The summed E-state index contributed by atoms with van der Waals surface area (Å²) in [6.07, 6.45) is 2.73. The number of benzene rings is 1. The predicted molar refractivity (Wildman–Crippen MR) is 110 cm³/mol. The van der Waals surface area contributed by atoms with Gasteiger partial charge in [0.05, 0.1) is 11.0 Å². The first-order valence-electron chi connectivity index (χ1n) is 8.77. The highest BCUT2D eigenvalue weighted by molar-refractivity contribution is 7.98. The molecule has 2 rings (SSSR count). The van der Waals surface area contributed by atoms with Gasteiger partial charge in [0.15, 0.2) is 9.84 Å². The summed E-state index contributed by atoms with van der Waals surface area (Å²) in [7, 11) is -3.44. The fraction of sp³-hybridized carbons (Fsp3) is 0.556. The summed E-state index contributed by atoms with van der Waals surface area (Å²) in [6, 6.07) is 6.29. The molecule has 1 N–H and O–H groups in total. The van der Waals surface area contributed by atoms with Gasteiger partial charge in [-0.15, -0.1) is 0 Å². The lowest BCUT2D eigenvalue weighted by Gasteiger charge is -2.26. The molecule has 9 heteroatoms. The first-order valence-corrected chi connectivity index (χ1v) is 12.3. The van der Waals surface area contributed by atoms with Crippen LogP contribution in [-0.4, -0.2) is 62.0 Å². The average molecular weight is 433 g/mol. The van der Waals surface area contributed by atoms with Crippen LogP contribution < -0.4 is 5.32 Å². The molecule has 150 valence electrons. The van der Waals surface area contributed by atoms with Gasteiger partial charge in [-0.1, -0.05) is 29.8 Å². The Morgan fingerprint density at radius 3 is 2.67 bits per heavy atom. The van der Waals surface area contributed by atoms with Crippen LogP contribution in [0, 0.1) is 0 Å². The summed E-state index contributed by atoms with van der Waals surface area (Å²) in [6.45, 7) is 1.81. The minimum absolute atomic E-state index is 0.121. The summed E-state index contributed by atoms with van der Waals surface area (Å²) in [5, 5.41) is 2.38. The largest absolute Gasteiger partial charge is 0.345 e. The molecule has 1 saturated heterocycles. The highest BCUT2D eigenvalue weighted by atomic mass is 35.5. The standard InChI is InChI=1S/C18H25ClN2O4S2/c1-13(22)20-16(8-11-26-2)18(23)21-9-7-17(27(24,25)12-10-21)14-5-3-4-6-15(14)19/h3-6,16-17H,7-12H2,1-2H3,(H,20,22)/t16-,17-/m0/s1. The van der Waals surface area contributed by atoms with E-state index in [1.165, 1.54) is 6.92 Å². The van der Waals surface area contributed by atoms with Crippen molar-refractivity contribution in [1.29, 1.82) is 0 Å². The zero-order valence-corrected chi connectivity index (χ0v) is 17.9. The lowest BCUT2D eigenvalue weighted by Crippen LogP contribution is -2.49. The van der Waals surface area contributed by atoms with Gasteiger partial charge in [0.25, 0.3) is 0 Å². The Morgan fingerprint density at radius 1 is 1.33 bits per heavy atom. The van der Waals surface area contributed by atoms with Crippen LogP contribution in [0.1, 0.15) is 30.6 Å². The molecule has 1 aromatic rings. The third-order valence-corrected chi connectivity index (χ3v) is 7.69. The van der Waals surface area contributed by atoms with E-state index in [1.807, 2.05) is 6.26 Å². The van der Waals surface area contributed by atoms with Crippen molar-refractivity contribution in [2.24, 2.45) is 0 Å². The van der Waals surface area contributed by atoms with Crippen molar-refractivity contribution in [2.45, 2.75) is 31.1 Å². The van der Waals surface area contributed by atoms with E-state index in [1.54, 1.807) is 40.9 Å². The number of hydrogen-bond donors (Lipinski definition) is 1. The van der Waals surface area contributed by atoms with Crippen molar-refractivity contribution in [1.82, 2.24) is 10.2 Å². The van der Waals surface area contributed by atoms with Gasteiger partial charge in [-0.25, -0.2) is 8.42 Å². The molecule has 1 heterocycles. The van der Waals surface area contributed by atoms with Crippen LogP contribution in [0.3, 0.4) is 0 Å². The molecular weight excluding hydrogens is 408 g/mol. The van der Waals surface area contributed by atoms with Gasteiger partial charge < -0.3 is 10.2 Å². The smallest absolute Gasteiger partial charge is 0.245 e. The second-order valence-corrected chi connectivity index (χ2v) is 10.2. The molecule has 0 bridgehead atoms. The van der Waals surface area contributed by atoms with E-state index < -0.39 is 21.1 Å². The third kappa shape index (κ3) is 5.86. The highest BCUT2D eigenvalue weighted by Gasteiger charge is 2.35. The second-order valence-electron chi connectivity index (χ2n) is 6.53. The molecule has 1 fully saturated rings. The Labute approximate surface area is 169 Å². The van der Waals surface area contributed by atoms with Gasteiger partial charge in [-0.3, -0.25) is 9.59 Å². The molecule has 0 unspecified atom stereocenters. The number of halogens is 1. The summed E-state index contributed by atoms with van der Waals surface area (Å²) in [4.78, 5) is 25.9.